The number of aliphatic hydroxyl groups is 1. The van der Waals surface area contributed by atoms with Crippen LogP contribution in [0.3, 0.4) is 0 Å². The third kappa shape index (κ3) is 3.37. The molecule has 5 fully saturated rings. The van der Waals surface area contributed by atoms with E-state index in [1.165, 1.54) is 31.8 Å². The molecular formula is C32H50O5. The van der Waals surface area contributed by atoms with Crippen molar-refractivity contribution in [2.75, 3.05) is 6.61 Å². The summed E-state index contributed by atoms with van der Waals surface area (Å²) in [5.74, 6) is 0.687. The Morgan fingerprint density at radius 3 is 2.19 bits per heavy atom. The van der Waals surface area contributed by atoms with Gasteiger partial charge in [-0.3, -0.25) is 9.59 Å². The van der Waals surface area contributed by atoms with E-state index in [4.69, 9.17) is 4.74 Å². The summed E-state index contributed by atoms with van der Waals surface area (Å²) in [6, 6.07) is 0. The zero-order valence-corrected chi connectivity index (χ0v) is 24.1. The molecule has 37 heavy (non-hydrogen) atoms. The molecular weight excluding hydrogens is 464 g/mol. The summed E-state index contributed by atoms with van der Waals surface area (Å²) in [6.07, 6.45) is 9.58. The van der Waals surface area contributed by atoms with Gasteiger partial charge in [0.15, 0.2) is 0 Å². The maximum Gasteiger partial charge on any atom is 0.313 e. The van der Waals surface area contributed by atoms with E-state index in [0.717, 1.165) is 38.5 Å². The second-order valence-electron chi connectivity index (χ2n) is 15.0. The van der Waals surface area contributed by atoms with E-state index in [1.807, 2.05) is 6.92 Å². The van der Waals surface area contributed by atoms with Gasteiger partial charge in [0.25, 0.3) is 0 Å². The lowest BCUT2D eigenvalue weighted by Gasteiger charge is -2.73. The van der Waals surface area contributed by atoms with Crippen LogP contribution in [0, 0.1) is 56.7 Å². The molecule has 0 radical (unpaired) electrons. The summed E-state index contributed by atoms with van der Waals surface area (Å²) >= 11 is 0. The molecule has 5 rings (SSSR count). The highest BCUT2D eigenvalue weighted by Crippen LogP contribution is 2.77. The van der Waals surface area contributed by atoms with Crippen LogP contribution in [0.5, 0.6) is 0 Å². The van der Waals surface area contributed by atoms with Gasteiger partial charge in [-0.15, -0.1) is 0 Å². The van der Waals surface area contributed by atoms with Crippen molar-refractivity contribution in [2.24, 2.45) is 56.7 Å². The summed E-state index contributed by atoms with van der Waals surface area (Å²) in [5.41, 5.74) is 0.234. The highest BCUT2D eigenvalue weighted by Gasteiger charge is 2.73. The second kappa shape index (κ2) is 8.57. The molecule has 0 saturated heterocycles. The van der Waals surface area contributed by atoms with Crippen LogP contribution >= 0.6 is 0 Å². The molecule has 5 nitrogen and oxygen atoms in total. The Hall–Kier alpha value is -1.36. The van der Waals surface area contributed by atoms with Crippen molar-refractivity contribution in [3.8, 4) is 0 Å². The minimum atomic E-state index is -1.09. The molecule has 0 spiro atoms. The van der Waals surface area contributed by atoms with Crippen molar-refractivity contribution < 1.29 is 24.5 Å². The summed E-state index contributed by atoms with van der Waals surface area (Å²) in [4.78, 5) is 24.8. The molecule has 0 aliphatic heterocycles. The number of carbonyl (C=O) groups is 2. The molecule has 0 aromatic heterocycles. The van der Waals surface area contributed by atoms with Gasteiger partial charge in [-0.1, -0.05) is 32.9 Å². The Bertz CT molecular complexity index is 990. The van der Waals surface area contributed by atoms with E-state index in [9.17, 15) is 19.8 Å². The minimum Gasteiger partial charge on any atom is -0.481 e. The molecule has 208 valence electrons. The molecule has 0 aromatic carbocycles. The van der Waals surface area contributed by atoms with E-state index in [0.29, 0.717) is 35.5 Å². The van der Waals surface area contributed by atoms with Gasteiger partial charge < -0.3 is 14.9 Å². The Labute approximate surface area is 223 Å². The summed E-state index contributed by atoms with van der Waals surface area (Å²) < 4.78 is 5.67. The van der Waals surface area contributed by atoms with Crippen molar-refractivity contribution >= 4 is 11.9 Å². The number of ether oxygens (including phenoxy) is 1. The Morgan fingerprint density at radius 2 is 1.59 bits per heavy atom. The quantitative estimate of drug-likeness (QED) is 0.325. The predicted octanol–water partition coefficient (Wildman–Crippen LogP) is 6.63. The average molecular weight is 515 g/mol. The first kappa shape index (κ1) is 27.2. The molecule has 5 aliphatic rings. The summed E-state index contributed by atoms with van der Waals surface area (Å²) in [5, 5.41) is 21.9. The van der Waals surface area contributed by atoms with Crippen molar-refractivity contribution in [2.45, 2.75) is 112 Å². The lowest BCUT2D eigenvalue weighted by atomic mass is 9.32. The number of fused-ring (bicyclic) bond motifs is 7. The first-order valence-corrected chi connectivity index (χ1v) is 14.9. The van der Waals surface area contributed by atoms with Crippen molar-refractivity contribution in [3.05, 3.63) is 12.2 Å². The number of aliphatic hydroxyl groups excluding tert-OH is 1. The topological polar surface area (TPSA) is 83.8 Å². The zero-order chi connectivity index (χ0) is 27.2. The molecule has 0 bridgehead atoms. The fourth-order valence-electron chi connectivity index (χ4n) is 12.0. The van der Waals surface area contributed by atoms with E-state index < -0.39 is 23.5 Å². The number of carboxylic acid groups (broad SMARTS) is 1. The molecule has 0 unspecified atom stereocenters. The highest BCUT2D eigenvalue weighted by atomic mass is 16.5. The van der Waals surface area contributed by atoms with Crippen molar-refractivity contribution in [1.82, 2.24) is 0 Å². The maximum absolute atomic E-state index is 12.9. The first-order chi connectivity index (χ1) is 17.2. The minimum absolute atomic E-state index is 0.0346. The SMILES string of the molecule is C=C(C)[C@H]1CC[C@]2(C)CC[C@]3(CO)[C@H](CC[C@H]4[C@@]5(C)CC[C@@H](OC(C)=O)[C@](C)(C(=O)O)[C@@H]5CC[C@]43C)[C@@H]12. The number of hydrogen-bond acceptors (Lipinski definition) is 4. The molecule has 2 N–H and O–H groups in total. The van der Waals surface area contributed by atoms with Gasteiger partial charge in [0.05, 0.1) is 0 Å². The zero-order valence-electron chi connectivity index (χ0n) is 24.1. The summed E-state index contributed by atoms with van der Waals surface area (Å²) in [6.45, 7) is 17.4. The molecule has 0 aromatic rings. The van der Waals surface area contributed by atoms with Gasteiger partial charge in [0.1, 0.15) is 11.5 Å². The molecule has 5 heteroatoms. The molecule has 0 amide bonds. The Balaban J connectivity index is 1.56. The normalized spacial score (nSPS) is 52.7. The van der Waals surface area contributed by atoms with Crippen LogP contribution in [0.15, 0.2) is 12.2 Å². The third-order valence-corrected chi connectivity index (χ3v) is 13.8. The van der Waals surface area contributed by atoms with Gasteiger partial charge in [-0.25, -0.2) is 0 Å². The van der Waals surface area contributed by atoms with Gasteiger partial charge in [-0.05, 0) is 124 Å². The Morgan fingerprint density at radius 1 is 0.892 bits per heavy atom. The molecule has 5 saturated carbocycles. The Kier molecular flexibility index (Phi) is 6.30. The number of aliphatic carboxylic acids is 1. The fourth-order valence-corrected chi connectivity index (χ4v) is 12.0. The van der Waals surface area contributed by atoms with Crippen LogP contribution in [0.4, 0.5) is 0 Å². The molecule has 0 heterocycles. The first-order valence-electron chi connectivity index (χ1n) is 14.9. The highest BCUT2D eigenvalue weighted by molar-refractivity contribution is 5.77. The van der Waals surface area contributed by atoms with Crippen molar-refractivity contribution in [1.29, 1.82) is 0 Å². The monoisotopic (exact) mass is 514 g/mol. The van der Waals surface area contributed by atoms with Crippen LogP contribution in [0.2, 0.25) is 0 Å². The number of rotatable bonds is 4. The third-order valence-electron chi connectivity index (χ3n) is 13.8. The molecule has 11 atom stereocenters. The fraction of sp³-hybridized carbons (Fsp3) is 0.875. The van der Waals surface area contributed by atoms with Gasteiger partial charge in [0, 0.05) is 18.9 Å². The largest absolute Gasteiger partial charge is 0.481 e. The predicted molar refractivity (Wildman–Crippen MR) is 144 cm³/mol. The van der Waals surface area contributed by atoms with Crippen LogP contribution < -0.4 is 0 Å². The van der Waals surface area contributed by atoms with Crippen LogP contribution in [-0.4, -0.2) is 34.9 Å². The van der Waals surface area contributed by atoms with E-state index >= 15 is 0 Å². The van der Waals surface area contributed by atoms with Crippen molar-refractivity contribution in [3.63, 3.8) is 0 Å². The number of hydrogen-bond donors (Lipinski definition) is 2. The standard InChI is InChI=1S/C32H50O5/c1-19(2)21-10-13-28(4)16-17-32(18-33)22(26(21)28)8-9-23-29(5)14-12-25(37-20(3)34)31(7,27(35)36)24(29)11-15-30(23,32)6/h21-26,33H,1,8-18H2,2-7H3,(H,35,36)/t21-,22-,23+,24-,25-,26-,28-,29-,30-,31-,32+/m1/s1. The summed E-state index contributed by atoms with van der Waals surface area (Å²) in [7, 11) is 0. The number of carbonyl (C=O) groups excluding carboxylic acids is 1. The second-order valence-corrected chi connectivity index (χ2v) is 15.0. The lowest BCUT2D eigenvalue weighted by Crippen LogP contribution is -2.69. The van der Waals surface area contributed by atoms with Gasteiger partial charge >= 0.3 is 11.9 Å². The molecule has 5 aliphatic carbocycles. The average Bonchev–Trinajstić information content (AvgIpc) is 3.18. The smallest absolute Gasteiger partial charge is 0.313 e. The van der Waals surface area contributed by atoms with Gasteiger partial charge in [0.2, 0.25) is 0 Å². The maximum atomic E-state index is 12.9. The number of carboxylic acids is 1. The number of esters is 1. The number of allylic oxidation sites excluding steroid dienone is 1. The van der Waals surface area contributed by atoms with Gasteiger partial charge in [-0.2, -0.15) is 0 Å². The van der Waals surface area contributed by atoms with Crippen LogP contribution in [0.1, 0.15) is 106 Å². The van der Waals surface area contributed by atoms with Crippen LogP contribution in [-0.2, 0) is 14.3 Å². The van der Waals surface area contributed by atoms with E-state index in [2.05, 4.69) is 34.3 Å². The lowest BCUT2D eigenvalue weighted by molar-refractivity contribution is -0.264. The van der Waals surface area contributed by atoms with E-state index in [-0.39, 0.29) is 28.8 Å². The van der Waals surface area contributed by atoms with Crippen LogP contribution in [0.25, 0.3) is 0 Å². The van der Waals surface area contributed by atoms with E-state index in [1.54, 1.807) is 0 Å².